The van der Waals surface area contributed by atoms with E-state index in [1.165, 1.54) is 0 Å². The van der Waals surface area contributed by atoms with Crippen molar-refractivity contribution in [3.63, 3.8) is 0 Å². The molecule has 186 valence electrons. The number of allylic oxidation sites excluding steroid dienone is 1. The van der Waals surface area contributed by atoms with E-state index in [4.69, 9.17) is 9.84 Å². The Bertz CT molecular complexity index is 1600. The lowest BCUT2D eigenvalue weighted by atomic mass is 10.1. The molecule has 0 bridgehead atoms. The largest absolute Gasteiger partial charge is 0.378 e. The van der Waals surface area contributed by atoms with E-state index < -0.39 is 0 Å². The van der Waals surface area contributed by atoms with Gasteiger partial charge in [-0.2, -0.15) is 10.4 Å². The number of nitriles is 1. The number of nitrogens with zero attached hydrogens (tertiary/aromatic N) is 8. The van der Waals surface area contributed by atoms with E-state index in [0.717, 1.165) is 22.5 Å². The lowest BCUT2D eigenvalue weighted by Crippen LogP contribution is -2.38. The van der Waals surface area contributed by atoms with Crippen molar-refractivity contribution in [1.29, 1.82) is 5.26 Å². The summed E-state index contributed by atoms with van der Waals surface area (Å²) >= 11 is 0. The topological polar surface area (TPSA) is 97.7 Å². The maximum Gasteiger partial charge on any atom is 0.232 e. The summed E-state index contributed by atoms with van der Waals surface area (Å²) in [6.45, 7) is 2.63. The molecule has 0 atom stereocenters. The Hall–Kier alpha value is -5.07. The SMILES string of the molecule is N#C/C(=C/c1cn(-c2ccccc2)nc1-c1cccnc1)c1nnc(N2CCOCC2)n1-c1ccccc1. The van der Waals surface area contributed by atoms with Gasteiger partial charge in [-0.15, -0.1) is 10.2 Å². The molecule has 1 saturated heterocycles. The van der Waals surface area contributed by atoms with Crippen LogP contribution in [0.3, 0.4) is 0 Å². The van der Waals surface area contributed by atoms with E-state index in [1.54, 1.807) is 12.4 Å². The van der Waals surface area contributed by atoms with E-state index in [0.29, 0.717) is 49.3 Å². The highest BCUT2D eigenvalue weighted by Crippen LogP contribution is 2.30. The number of pyridine rings is 1. The van der Waals surface area contributed by atoms with Gasteiger partial charge in [0.1, 0.15) is 11.8 Å². The second kappa shape index (κ2) is 10.5. The third-order valence-corrected chi connectivity index (χ3v) is 6.31. The van der Waals surface area contributed by atoms with E-state index in [-0.39, 0.29) is 0 Å². The fourth-order valence-corrected chi connectivity index (χ4v) is 4.47. The Balaban J connectivity index is 1.51. The van der Waals surface area contributed by atoms with Crippen molar-refractivity contribution < 1.29 is 4.74 Å². The van der Waals surface area contributed by atoms with E-state index in [2.05, 4.69) is 26.2 Å². The molecule has 1 aliphatic rings. The summed E-state index contributed by atoms with van der Waals surface area (Å²) in [4.78, 5) is 6.41. The summed E-state index contributed by atoms with van der Waals surface area (Å²) < 4.78 is 9.28. The number of hydrogen-bond donors (Lipinski definition) is 0. The van der Waals surface area contributed by atoms with Gasteiger partial charge in [-0.3, -0.25) is 9.55 Å². The first kappa shape index (κ1) is 23.3. The highest BCUT2D eigenvalue weighted by molar-refractivity contribution is 5.91. The minimum atomic E-state index is 0.374. The quantitative estimate of drug-likeness (QED) is 0.319. The van der Waals surface area contributed by atoms with Crippen LogP contribution in [-0.4, -0.2) is 55.8 Å². The molecule has 5 aromatic rings. The number of para-hydroxylation sites is 2. The van der Waals surface area contributed by atoms with Gasteiger partial charge in [-0.1, -0.05) is 36.4 Å². The maximum atomic E-state index is 10.3. The maximum absolute atomic E-state index is 10.3. The minimum Gasteiger partial charge on any atom is -0.378 e. The van der Waals surface area contributed by atoms with Gasteiger partial charge in [-0.05, 0) is 42.5 Å². The van der Waals surface area contributed by atoms with Crippen LogP contribution >= 0.6 is 0 Å². The highest BCUT2D eigenvalue weighted by atomic mass is 16.5. The molecular weight excluding hydrogens is 476 g/mol. The van der Waals surface area contributed by atoms with Gasteiger partial charge in [-0.25, -0.2) is 4.68 Å². The number of ether oxygens (including phenoxy) is 1. The first-order valence-corrected chi connectivity index (χ1v) is 12.3. The molecule has 0 spiro atoms. The van der Waals surface area contributed by atoms with Crippen LogP contribution < -0.4 is 4.90 Å². The van der Waals surface area contributed by atoms with Gasteiger partial charge in [0.15, 0.2) is 5.82 Å². The molecule has 9 heteroatoms. The smallest absolute Gasteiger partial charge is 0.232 e. The minimum absolute atomic E-state index is 0.374. The summed E-state index contributed by atoms with van der Waals surface area (Å²) in [7, 11) is 0. The van der Waals surface area contributed by atoms with Crippen LogP contribution in [0.2, 0.25) is 0 Å². The standard InChI is InChI=1S/C29H24N8O/c30-19-23(28-32-33-29(35-14-16-38-17-15-35)37(28)26-11-5-2-6-12-26)18-24-21-36(25-9-3-1-4-10-25)34-27(24)22-8-7-13-31-20-22/h1-13,18,20-21H,14-17H2/b23-18-. The summed E-state index contributed by atoms with van der Waals surface area (Å²) in [5.74, 6) is 1.15. The molecule has 0 unspecified atom stereocenters. The summed E-state index contributed by atoms with van der Waals surface area (Å²) in [6, 6.07) is 25.9. The zero-order valence-corrected chi connectivity index (χ0v) is 20.6. The molecule has 0 amide bonds. The normalized spacial score (nSPS) is 13.9. The van der Waals surface area contributed by atoms with Crippen molar-refractivity contribution in [2.75, 3.05) is 31.2 Å². The van der Waals surface area contributed by atoms with Crippen LogP contribution in [0, 0.1) is 11.3 Å². The van der Waals surface area contributed by atoms with Crippen molar-refractivity contribution in [1.82, 2.24) is 29.5 Å². The fraction of sp³-hybridized carbons (Fsp3) is 0.138. The number of morpholine rings is 1. The van der Waals surface area contributed by atoms with E-state index >= 15 is 0 Å². The lowest BCUT2D eigenvalue weighted by Gasteiger charge is -2.28. The van der Waals surface area contributed by atoms with Gasteiger partial charge in [0, 0.05) is 42.8 Å². The van der Waals surface area contributed by atoms with Crippen molar-refractivity contribution in [2.45, 2.75) is 0 Å². The molecule has 0 aliphatic carbocycles. The molecule has 4 heterocycles. The molecule has 38 heavy (non-hydrogen) atoms. The van der Waals surface area contributed by atoms with Gasteiger partial charge < -0.3 is 9.64 Å². The van der Waals surface area contributed by atoms with Gasteiger partial charge in [0.05, 0.1) is 30.2 Å². The van der Waals surface area contributed by atoms with Crippen LogP contribution in [0.5, 0.6) is 0 Å². The number of aromatic nitrogens is 6. The predicted octanol–water partition coefficient (Wildman–Crippen LogP) is 4.42. The third-order valence-electron chi connectivity index (χ3n) is 6.31. The molecule has 1 aliphatic heterocycles. The van der Waals surface area contributed by atoms with Crippen molar-refractivity contribution in [3.05, 3.63) is 103 Å². The molecule has 6 rings (SSSR count). The van der Waals surface area contributed by atoms with Crippen LogP contribution in [0.25, 0.3) is 34.3 Å². The highest BCUT2D eigenvalue weighted by Gasteiger charge is 2.24. The summed E-state index contributed by atoms with van der Waals surface area (Å²) in [5.41, 5.74) is 4.51. The molecular formula is C29H24N8O. The molecule has 2 aromatic carbocycles. The first-order valence-electron chi connectivity index (χ1n) is 12.3. The molecule has 1 fully saturated rings. The summed E-state index contributed by atoms with van der Waals surface area (Å²) in [6.07, 6.45) is 7.23. The van der Waals surface area contributed by atoms with Gasteiger partial charge in [0.2, 0.25) is 5.95 Å². The Morgan fingerprint density at radius 3 is 2.32 bits per heavy atom. The monoisotopic (exact) mass is 500 g/mol. The Kier molecular flexibility index (Phi) is 6.45. The first-order chi connectivity index (χ1) is 18.8. The van der Waals surface area contributed by atoms with Crippen LogP contribution in [0.15, 0.2) is 91.4 Å². The van der Waals surface area contributed by atoms with E-state index in [9.17, 15) is 5.26 Å². The van der Waals surface area contributed by atoms with Gasteiger partial charge >= 0.3 is 0 Å². The molecule has 0 saturated carbocycles. The zero-order chi connectivity index (χ0) is 25.7. The van der Waals surface area contributed by atoms with Gasteiger partial charge in [0.25, 0.3) is 0 Å². The molecule has 9 nitrogen and oxygen atoms in total. The molecule has 0 N–H and O–H groups in total. The Morgan fingerprint density at radius 1 is 0.895 bits per heavy atom. The fourth-order valence-electron chi connectivity index (χ4n) is 4.47. The van der Waals surface area contributed by atoms with Crippen molar-refractivity contribution in [3.8, 4) is 28.7 Å². The molecule has 0 radical (unpaired) electrons. The van der Waals surface area contributed by atoms with Crippen molar-refractivity contribution >= 4 is 17.6 Å². The second-order valence-corrected chi connectivity index (χ2v) is 8.72. The lowest BCUT2D eigenvalue weighted by molar-refractivity contribution is 0.122. The van der Waals surface area contributed by atoms with E-state index in [1.807, 2.05) is 94.3 Å². The average Bonchev–Trinajstić information content (AvgIpc) is 3.63. The number of benzene rings is 2. The zero-order valence-electron chi connectivity index (χ0n) is 20.6. The van der Waals surface area contributed by atoms with Crippen LogP contribution in [0.4, 0.5) is 5.95 Å². The summed E-state index contributed by atoms with van der Waals surface area (Å²) in [5, 5.41) is 24.2. The second-order valence-electron chi connectivity index (χ2n) is 8.72. The Labute approximate surface area is 219 Å². The third kappa shape index (κ3) is 4.56. The van der Waals surface area contributed by atoms with Crippen molar-refractivity contribution in [2.24, 2.45) is 0 Å². The van der Waals surface area contributed by atoms with Crippen LogP contribution in [-0.2, 0) is 4.74 Å². The number of rotatable bonds is 6. The number of hydrogen-bond acceptors (Lipinski definition) is 7. The number of anilines is 1. The predicted molar refractivity (Wildman–Crippen MR) is 145 cm³/mol. The average molecular weight is 501 g/mol. The molecule has 3 aromatic heterocycles. The van der Waals surface area contributed by atoms with Crippen LogP contribution in [0.1, 0.15) is 11.4 Å². The Morgan fingerprint density at radius 2 is 1.63 bits per heavy atom.